The van der Waals surface area contributed by atoms with Gasteiger partial charge in [-0.05, 0) is 30.5 Å². The van der Waals surface area contributed by atoms with Gasteiger partial charge >= 0.3 is 0 Å². The summed E-state index contributed by atoms with van der Waals surface area (Å²) in [6.07, 6.45) is 3.08. The van der Waals surface area contributed by atoms with Crippen molar-refractivity contribution in [1.29, 1.82) is 0 Å². The van der Waals surface area contributed by atoms with Crippen LogP contribution in [0.15, 0.2) is 29.6 Å². The monoisotopic (exact) mass is 405 g/mol. The fraction of sp³-hybridized carbons (Fsp3) is 0.450. The van der Waals surface area contributed by atoms with Gasteiger partial charge in [-0.15, -0.1) is 11.3 Å². The van der Waals surface area contributed by atoms with Crippen molar-refractivity contribution in [2.75, 3.05) is 19.6 Å². The Morgan fingerprint density at radius 2 is 1.96 bits per heavy atom. The predicted octanol–water partition coefficient (Wildman–Crippen LogP) is 3.42. The average Bonchev–Trinajstić information content (AvgIpc) is 3.12. The van der Waals surface area contributed by atoms with E-state index in [1.807, 2.05) is 29.2 Å². The third-order valence-electron chi connectivity index (χ3n) is 4.79. The van der Waals surface area contributed by atoms with Crippen molar-refractivity contribution in [2.24, 2.45) is 0 Å². The molecule has 2 heterocycles. The van der Waals surface area contributed by atoms with Crippen molar-refractivity contribution in [1.82, 2.24) is 15.2 Å². The molecule has 0 spiro atoms. The molecule has 5 nitrogen and oxygen atoms in total. The molecule has 144 valence electrons. The van der Waals surface area contributed by atoms with Crippen LogP contribution in [0, 0.1) is 0 Å². The molecule has 7 heteroatoms. The third kappa shape index (κ3) is 5.78. The second-order valence-corrected chi connectivity index (χ2v) is 8.19. The predicted molar refractivity (Wildman–Crippen MR) is 108 cm³/mol. The Morgan fingerprint density at radius 1 is 1.26 bits per heavy atom. The van der Waals surface area contributed by atoms with E-state index in [0.29, 0.717) is 23.9 Å². The van der Waals surface area contributed by atoms with Crippen molar-refractivity contribution in [3.63, 3.8) is 0 Å². The summed E-state index contributed by atoms with van der Waals surface area (Å²) in [6, 6.07) is 7.46. The van der Waals surface area contributed by atoms with Gasteiger partial charge in [0.15, 0.2) is 0 Å². The molecule has 1 N–H and O–H groups in total. The lowest BCUT2D eigenvalue weighted by atomic mass is 9.97. The van der Waals surface area contributed by atoms with Gasteiger partial charge in [-0.3, -0.25) is 9.59 Å². The number of amides is 2. The van der Waals surface area contributed by atoms with E-state index in [1.165, 1.54) is 6.92 Å². The molecule has 1 aromatic carbocycles. The summed E-state index contributed by atoms with van der Waals surface area (Å²) in [5.74, 6) is 0.580. The molecular formula is C20H24ClN3O2S. The minimum absolute atomic E-state index is 0.0129. The van der Waals surface area contributed by atoms with E-state index < -0.39 is 0 Å². The van der Waals surface area contributed by atoms with Gasteiger partial charge in [-0.25, -0.2) is 4.98 Å². The molecule has 1 aliphatic heterocycles. The molecule has 2 amide bonds. The third-order valence-corrected chi connectivity index (χ3v) is 6.10. The van der Waals surface area contributed by atoms with E-state index in [9.17, 15) is 9.59 Å². The molecule has 0 unspecified atom stereocenters. The van der Waals surface area contributed by atoms with E-state index in [2.05, 4.69) is 10.7 Å². The fourth-order valence-corrected chi connectivity index (χ4v) is 4.41. The smallest absolute Gasteiger partial charge is 0.226 e. The first-order valence-corrected chi connectivity index (χ1v) is 10.5. The summed E-state index contributed by atoms with van der Waals surface area (Å²) in [7, 11) is 0. The number of nitrogens with one attached hydrogen (secondary N) is 1. The molecule has 1 fully saturated rings. The number of hydrogen-bond acceptors (Lipinski definition) is 4. The van der Waals surface area contributed by atoms with Crippen LogP contribution in [0.1, 0.15) is 41.9 Å². The minimum Gasteiger partial charge on any atom is -0.356 e. The van der Waals surface area contributed by atoms with Crippen LogP contribution in [0.2, 0.25) is 5.02 Å². The number of likely N-dealkylation sites (tertiary alicyclic amines) is 1. The first kappa shape index (κ1) is 19.8. The van der Waals surface area contributed by atoms with Crippen molar-refractivity contribution in [3.8, 4) is 0 Å². The van der Waals surface area contributed by atoms with Gasteiger partial charge in [-0.1, -0.05) is 23.7 Å². The normalized spacial score (nSPS) is 15.0. The zero-order valence-corrected chi connectivity index (χ0v) is 17.0. The molecule has 1 aromatic heterocycles. The topological polar surface area (TPSA) is 62.3 Å². The Hall–Kier alpha value is -1.92. The molecule has 0 radical (unpaired) electrons. The molecule has 0 saturated carbocycles. The van der Waals surface area contributed by atoms with E-state index >= 15 is 0 Å². The zero-order valence-electron chi connectivity index (χ0n) is 15.4. The molecule has 0 atom stereocenters. The van der Waals surface area contributed by atoms with Gasteiger partial charge in [0.2, 0.25) is 11.8 Å². The standard InChI is InChI=1S/C20H24ClN3O2S/c1-14(25)22-9-6-18-13-27-20(23-18)16-7-10-24(11-8-16)19(26)12-15-2-4-17(21)5-3-15/h2-5,13,16H,6-12H2,1H3,(H,22,25). The van der Waals surface area contributed by atoms with Gasteiger partial charge in [0.05, 0.1) is 17.1 Å². The first-order valence-electron chi connectivity index (χ1n) is 9.22. The summed E-state index contributed by atoms with van der Waals surface area (Å²) < 4.78 is 0. The highest BCUT2D eigenvalue weighted by molar-refractivity contribution is 7.09. The van der Waals surface area contributed by atoms with Crippen LogP contribution in [0.3, 0.4) is 0 Å². The Bertz CT molecular complexity index is 783. The maximum atomic E-state index is 12.5. The summed E-state index contributed by atoms with van der Waals surface area (Å²) in [5.41, 5.74) is 2.03. The largest absolute Gasteiger partial charge is 0.356 e. The quantitative estimate of drug-likeness (QED) is 0.800. The number of nitrogens with zero attached hydrogens (tertiary/aromatic N) is 2. The van der Waals surface area contributed by atoms with Crippen LogP contribution in [-0.2, 0) is 22.4 Å². The average molecular weight is 406 g/mol. The summed E-state index contributed by atoms with van der Waals surface area (Å²) in [6.45, 7) is 3.69. The van der Waals surface area contributed by atoms with E-state index in [-0.39, 0.29) is 11.8 Å². The lowest BCUT2D eigenvalue weighted by Crippen LogP contribution is -2.38. The van der Waals surface area contributed by atoms with Crippen molar-refractivity contribution in [2.45, 2.75) is 38.5 Å². The number of carbonyl (C=O) groups excluding carboxylic acids is 2. The highest BCUT2D eigenvalue weighted by atomic mass is 35.5. The molecule has 3 rings (SSSR count). The Kier molecular flexibility index (Phi) is 6.85. The number of benzene rings is 1. The zero-order chi connectivity index (χ0) is 19.2. The van der Waals surface area contributed by atoms with Crippen LogP contribution in [0.25, 0.3) is 0 Å². The van der Waals surface area contributed by atoms with Crippen LogP contribution in [-0.4, -0.2) is 41.3 Å². The fourth-order valence-electron chi connectivity index (χ4n) is 3.26. The number of aromatic nitrogens is 1. The molecule has 1 aliphatic rings. The lowest BCUT2D eigenvalue weighted by Gasteiger charge is -2.31. The minimum atomic E-state index is -0.0129. The van der Waals surface area contributed by atoms with Crippen LogP contribution in [0.5, 0.6) is 0 Å². The second kappa shape index (κ2) is 9.33. The second-order valence-electron chi connectivity index (χ2n) is 6.87. The van der Waals surface area contributed by atoms with Crippen LogP contribution < -0.4 is 5.32 Å². The molecule has 0 bridgehead atoms. The Morgan fingerprint density at radius 3 is 2.63 bits per heavy atom. The first-order chi connectivity index (χ1) is 13.0. The molecule has 1 saturated heterocycles. The van der Waals surface area contributed by atoms with E-state index in [4.69, 9.17) is 16.6 Å². The van der Waals surface area contributed by atoms with Gasteiger partial charge < -0.3 is 10.2 Å². The maximum absolute atomic E-state index is 12.5. The summed E-state index contributed by atoms with van der Waals surface area (Å²) in [4.78, 5) is 30.1. The van der Waals surface area contributed by atoms with Gasteiger partial charge in [0.1, 0.15) is 0 Å². The lowest BCUT2D eigenvalue weighted by molar-refractivity contribution is -0.131. The highest BCUT2D eigenvalue weighted by Gasteiger charge is 2.25. The number of hydrogen-bond donors (Lipinski definition) is 1. The van der Waals surface area contributed by atoms with Crippen LogP contribution >= 0.6 is 22.9 Å². The number of carbonyl (C=O) groups is 2. The van der Waals surface area contributed by atoms with Gasteiger partial charge in [0, 0.05) is 49.3 Å². The van der Waals surface area contributed by atoms with Crippen molar-refractivity contribution >= 4 is 34.8 Å². The SMILES string of the molecule is CC(=O)NCCc1csc(C2CCN(C(=O)Cc3ccc(Cl)cc3)CC2)n1. The van der Waals surface area contributed by atoms with Gasteiger partial charge in [-0.2, -0.15) is 0 Å². The molecule has 27 heavy (non-hydrogen) atoms. The Labute approximate surface area is 168 Å². The Balaban J connectivity index is 1.47. The molecule has 0 aliphatic carbocycles. The van der Waals surface area contributed by atoms with Crippen molar-refractivity contribution < 1.29 is 9.59 Å². The number of piperidine rings is 1. The number of halogens is 1. The highest BCUT2D eigenvalue weighted by Crippen LogP contribution is 2.30. The van der Waals surface area contributed by atoms with Crippen molar-refractivity contribution in [3.05, 3.63) is 50.9 Å². The van der Waals surface area contributed by atoms with Gasteiger partial charge in [0.25, 0.3) is 0 Å². The van der Waals surface area contributed by atoms with Crippen LogP contribution in [0.4, 0.5) is 0 Å². The number of thiazole rings is 1. The maximum Gasteiger partial charge on any atom is 0.226 e. The van der Waals surface area contributed by atoms with E-state index in [0.717, 1.165) is 48.6 Å². The summed E-state index contributed by atoms with van der Waals surface area (Å²) >= 11 is 7.58. The molecule has 2 aromatic rings. The number of rotatable bonds is 6. The summed E-state index contributed by atoms with van der Waals surface area (Å²) in [5, 5.41) is 6.71. The van der Waals surface area contributed by atoms with E-state index in [1.54, 1.807) is 11.3 Å². The molecular weight excluding hydrogens is 382 g/mol.